The van der Waals surface area contributed by atoms with E-state index in [2.05, 4.69) is 30.3 Å². The molecule has 0 saturated heterocycles. The molecule has 1 aromatic rings. The number of hydrogen-bond acceptors (Lipinski definition) is 0. The Bertz CT molecular complexity index is 203. The zero-order valence-electron chi connectivity index (χ0n) is 6.89. The van der Waals surface area contributed by atoms with E-state index in [0.29, 0.717) is 6.04 Å². The van der Waals surface area contributed by atoms with Crippen molar-refractivity contribution in [3.63, 3.8) is 0 Å². The van der Waals surface area contributed by atoms with Gasteiger partial charge in [-0.2, -0.15) is 0 Å². The van der Waals surface area contributed by atoms with Crippen LogP contribution in [0, 0.1) is 6.92 Å². The summed E-state index contributed by atoms with van der Waals surface area (Å²) in [4.78, 5) is 3.08. The van der Waals surface area contributed by atoms with Crippen molar-refractivity contribution in [2.45, 2.75) is 33.2 Å². The average molecular weight is 139 g/mol. The SMILES string of the molecule is CCC(C)[n+]1c[nH]cc1C. The lowest BCUT2D eigenvalue weighted by Gasteiger charge is -2.04. The van der Waals surface area contributed by atoms with E-state index in [9.17, 15) is 0 Å². The Hall–Kier alpha value is -0.790. The van der Waals surface area contributed by atoms with Gasteiger partial charge >= 0.3 is 0 Å². The van der Waals surface area contributed by atoms with Gasteiger partial charge in [-0.3, -0.25) is 0 Å². The van der Waals surface area contributed by atoms with Crippen LogP contribution in [-0.4, -0.2) is 4.98 Å². The third kappa shape index (κ3) is 1.20. The molecule has 0 saturated carbocycles. The number of nitrogens with zero attached hydrogens (tertiary/aromatic N) is 1. The smallest absolute Gasteiger partial charge is 0.241 e. The zero-order chi connectivity index (χ0) is 7.56. The van der Waals surface area contributed by atoms with Gasteiger partial charge in [0.15, 0.2) is 0 Å². The molecule has 0 bridgehead atoms. The molecule has 0 aliphatic rings. The molecule has 0 aliphatic carbocycles. The van der Waals surface area contributed by atoms with E-state index in [1.54, 1.807) is 0 Å². The maximum Gasteiger partial charge on any atom is 0.241 e. The Kier molecular flexibility index (Phi) is 2.10. The van der Waals surface area contributed by atoms with Crippen molar-refractivity contribution in [3.8, 4) is 0 Å². The summed E-state index contributed by atoms with van der Waals surface area (Å²) in [5.41, 5.74) is 1.30. The van der Waals surface area contributed by atoms with Crippen molar-refractivity contribution < 1.29 is 4.57 Å². The number of nitrogens with one attached hydrogen (secondary N) is 1. The number of aryl methyl sites for hydroxylation is 1. The maximum absolute atomic E-state index is 3.08. The number of imidazole rings is 1. The van der Waals surface area contributed by atoms with Crippen molar-refractivity contribution in [1.82, 2.24) is 4.98 Å². The van der Waals surface area contributed by atoms with Crippen LogP contribution in [-0.2, 0) is 0 Å². The van der Waals surface area contributed by atoms with Crippen molar-refractivity contribution >= 4 is 0 Å². The predicted octanol–water partition coefficient (Wildman–Crippen LogP) is 1.58. The van der Waals surface area contributed by atoms with Crippen LogP contribution in [0.15, 0.2) is 12.5 Å². The van der Waals surface area contributed by atoms with Crippen LogP contribution in [0.3, 0.4) is 0 Å². The fourth-order valence-electron chi connectivity index (χ4n) is 1.09. The molecular formula is C8H15N2+. The van der Waals surface area contributed by atoms with Crippen LogP contribution in [0.2, 0.25) is 0 Å². The topological polar surface area (TPSA) is 19.7 Å². The fourth-order valence-corrected chi connectivity index (χ4v) is 1.09. The first-order valence-corrected chi connectivity index (χ1v) is 3.80. The van der Waals surface area contributed by atoms with Crippen LogP contribution in [0.1, 0.15) is 32.0 Å². The third-order valence-corrected chi connectivity index (χ3v) is 1.98. The van der Waals surface area contributed by atoms with E-state index < -0.39 is 0 Å². The summed E-state index contributed by atoms with van der Waals surface area (Å²) >= 11 is 0. The Balaban J connectivity index is 2.82. The van der Waals surface area contributed by atoms with Crippen LogP contribution in [0.25, 0.3) is 0 Å². The molecule has 0 spiro atoms. The highest BCUT2D eigenvalue weighted by Gasteiger charge is 2.09. The zero-order valence-corrected chi connectivity index (χ0v) is 6.89. The molecule has 0 aliphatic heterocycles. The number of hydrogen-bond donors (Lipinski definition) is 1. The molecule has 2 nitrogen and oxygen atoms in total. The van der Waals surface area contributed by atoms with Crippen molar-refractivity contribution in [3.05, 3.63) is 18.2 Å². The number of aromatic nitrogens is 2. The lowest BCUT2D eigenvalue weighted by Crippen LogP contribution is -2.37. The molecule has 1 unspecified atom stereocenters. The molecular weight excluding hydrogens is 124 g/mol. The molecule has 56 valence electrons. The standard InChI is InChI=1S/C8H14N2/c1-4-7(2)10-6-9-5-8(10)3/h5-7H,4H2,1-3H3/p+1. The van der Waals surface area contributed by atoms with Crippen LogP contribution in [0.4, 0.5) is 0 Å². The molecule has 0 amide bonds. The summed E-state index contributed by atoms with van der Waals surface area (Å²) in [5, 5.41) is 0. The summed E-state index contributed by atoms with van der Waals surface area (Å²) in [5.74, 6) is 0. The van der Waals surface area contributed by atoms with Crippen molar-refractivity contribution in [1.29, 1.82) is 0 Å². The number of H-pyrrole nitrogens is 1. The van der Waals surface area contributed by atoms with Gasteiger partial charge in [-0.15, -0.1) is 0 Å². The summed E-state index contributed by atoms with van der Waals surface area (Å²) in [6.45, 7) is 6.54. The monoisotopic (exact) mass is 139 g/mol. The summed E-state index contributed by atoms with van der Waals surface area (Å²) in [7, 11) is 0. The first-order chi connectivity index (χ1) is 4.75. The molecule has 1 atom stereocenters. The van der Waals surface area contributed by atoms with Gasteiger partial charge in [0.05, 0.1) is 6.04 Å². The van der Waals surface area contributed by atoms with Gasteiger partial charge in [-0.05, 0) is 13.3 Å². The second kappa shape index (κ2) is 2.86. The first-order valence-electron chi connectivity index (χ1n) is 3.80. The maximum atomic E-state index is 3.08. The van der Waals surface area contributed by atoms with E-state index in [-0.39, 0.29) is 0 Å². The van der Waals surface area contributed by atoms with Gasteiger partial charge in [0.25, 0.3) is 0 Å². The molecule has 1 heterocycles. The number of rotatable bonds is 2. The quantitative estimate of drug-likeness (QED) is 0.600. The largest absolute Gasteiger partial charge is 0.250 e. The van der Waals surface area contributed by atoms with E-state index in [4.69, 9.17) is 0 Å². The van der Waals surface area contributed by atoms with Crippen LogP contribution >= 0.6 is 0 Å². The minimum Gasteiger partial charge on any atom is -0.250 e. The average Bonchev–Trinajstić information content (AvgIpc) is 2.34. The van der Waals surface area contributed by atoms with Gasteiger partial charge in [0, 0.05) is 6.92 Å². The second-order valence-corrected chi connectivity index (χ2v) is 2.75. The van der Waals surface area contributed by atoms with E-state index in [1.165, 1.54) is 12.1 Å². The third-order valence-electron chi connectivity index (χ3n) is 1.98. The molecule has 0 fully saturated rings. The Morgan fingerprint density at radius 1 is 1.70 bits per heavy atom. The van der Waals surface area contributed by atoms with Gasteiger partial charge in [0.2, 0.25) is 6.33 Å². The van der Waals surface area contributed by atoms with Crippen molar-refractivity contribution in [2.75, 3.05) is 0 Å². The molecule has 0 radical (unpaired) electrons. The Labute approximate surface area is 61.9 Å². The van der Waals surface area contributed by atoms with E-state index in [0.717, 1.165) is 0 Å². The molecule has 1 rings (SSSR count). The second-order valence-electron chi connectivity index (χ2n) is 2.75. The minimum absolute atomic E-state index is 0.617. The summed E-state index contributed by atoms with van der Waals surface area (Å²) < 4.78 is 2.25. The normalized spacial score (nSPS) is 13.5. The van der Waals surface area contributed by atoms with Gasteiger partial charge < -0.3 is 0 Å². The molecule has 1 N–H and O–H groups in total. The summed E-state index contributed by atoms with van der Waals surface area (Å²) in [6, 6.07) is 0.617. The Morgan fingerprint density at radius 2 is 2.40 bits per heavy atom. The highest BCUT2D eigenvalue weighted by Crippen LogP contribution is 2.00. The highest BCUT2D eigenvalue weighted by atomic mass is 15.1. The first kappa shape index (κ1) is 7.32. The molecule has 0 aromatic carbocycles. The van der Waals surface area contributed by atoms with E-state index in [1.807, 2.05) is 12.5 Å². The molecule has 1 aromatic heterocycles. The van der Waals surface area contributed by atoms with Gasteiger partial charge in [0.1, 0.15) is 11.9 Å². The Morgan fingerprint density at radius 3 is 2.80 bits per heavy atom. The highest BCUT2D eigenvalue weighted by molar-refractivity contribution is 4.80. The minimum atomic E-state index is 0.617. The van der Waals surface area contributed by atoms with E-state index >= 15 is 0 Å². The van der Waals surface area contributed by atoms with Crippen LogP contribution in [0.5, 0.6) is 0 Å². The van der Waals surface area contributed by atoms with Crippen LogP contribution < -0.4 is 4.57 Å². The van der Waals surface area contributed by atoms with Gasteiger partial charge in [-0.25, -0.2) is 9.55 Å². The molecule has 2 heteroatoms. The predicted molar refractivity (Wildman–Crippen MR) is 40.7 cm³/mol. The lowest BCUT2D eigenvalue weighted by molar-refractivity contribution is -0.724. The summed E-state index contributed by atoms with van der Waals surface area (Å²) in [6.07, 6.45) is 5.22. The molecule has 10 heavy (non-hydrogen) atoms. The number of aromatic amines is 1. The van der Waals surface area contributed by atoms with Crippen molar-refractivity contribution in [2.24, 2.45) is 0 Å². The van der Waals surface area contributed by atoms with Gasteiger partial charge in [-0.1, -0.05) is 6.92 Å². The fraction of sp³-hybridized carbons (Fsp3) is 0.625. The lowest BCUT2D eigenvalue weighted by atomic mass is 10.2.